The fraction of sp³-hybridized carbons (Fsp3) is 0.300. The van der Waals surface area contributed by atoms with Gasteiger partial charge in [0.1, 0.15) is 5.75 Å². The number of nitrogens with one attached hydrogen (secondary N) is 1. The number of hydrazone groups is 1. The van der Waals surface area contributed by atoms with E-state index in [0.29, 0.717) is 24.7 Å². The maximum absolute atomic E-state index is 11.0. The van der Waals surface area contributed by atoms with Crippen molar-refractivity contribution in [2.45, 2.75) is 6.92 Å². The van der Waals surface area contributed by atoms with Gasteiger partial charge in [-0.15, -0.1) is 0 Å². The summed E-state index contributed by atoms with van der Waals surface area (Å²) in [4.78, 5) is 11.0. The molecule has 1 amide bonds. The molecule has 0 saturated carbocycles. The van der Waals surface area contributed by atoms with Crippen LogP contribution in [-0.2, 0) is 4.74 Å². The number of hydrogen-bond donors (Lipinski definition) is 1. The molecular weight excluding hydrogens is 348 g/mol. The molecule has 2 rings (SSSR count). The van der Waals surface area contributed by atoms with E-state index in [1.165, 1.54) is 13.3 Å². The average Bonchev–Trinajstić information content (AvgIpc) is 2.71. The topological polar surface area (TPSA) is 78.4 Å². The van der Waals surface area contributed by atoms with Gasteiger partial charge in [0.15, 0.2) is 11.5 Å². The molecule has 0 aliphatic rings. The van der Waals surface area contributed by atoms with Crippen LogP contribution >= 0.6 is 0 Å². The van der Waals surface area contributed by atoms with Gasteiger partial charge in [-0.2, -0.15) is 5.10 Å². The van der Waals surface area contributed by atoms with Crippen LogP contribution in [0.4, 0.5) is 4.79 Å². The van der Waals surface area contributed by atoms with E-state index in [2.05, 4.69) is 22.2 Å². The van der Waals surface area contributed by atoms with Gasteiger partial charge in [-0.05, 0) is 35.9 Å². The second-order valence-electron chi connectivity index (χ2n) is 5.81. The Labute approximate surface area is 158 Å². The summed E-state index contributed by atoms with van der Waals surface area (Å²) in [6, 6.07) is 15.0. The molecular formula is C20H24N2O5. The summed E-state index contributed by atoms with van der Waals surface area (Å²) in [6.45, 7) is 3.09. The number of nitrogens with zero attached hydrogens (tertiary/aromatic N) is 1. The molecule has 7 nitrogen and oxygen atoms in total. The minimum atomic E-state index is -0.634. The van der Waals surface area contributed by atoms with Crippen LogP contribution in [0.5, 0.6) is 17.2 Å². The Morgan fingerprint density at radius 3 is 2.52 bits per heavy atom. The number of amides is 1. The van der Waals surface area contributed by atoms with E-state index in [1.807, 2.05) is 36.4 Å². The summed E-state index contributed by atoms with van der Waals surface area (Å²) in [5, 5.41) is 3.78. The first-order chi connectivity index (χ1) is 13.1. The van der Waals surface area contributed by atoms with E-state index >= 15 is 0 Å². The Hall–Kier alpha value is -3.22. The second kappa shape index (κ2) is 10.7. The van der Waals surface area contributed by atoms with Gasteiger partial charge in [0, 0.05) is 5.92 Å². The van der Waals surface area contributed by atoms with Crippen molar-refractivity contribution in [2.24, 2.45) is 11.0 Å². The van der Waals surface area contributed by atoms with Gasteiger partial charge in [-0.25, -0.2) is 10.2 Å². The van der Waals surface area contributed by atoms with Gasteiger partial charge >= 0.3 is 6.09 Å². The van der Waals surface area contributed by atoms with E-state index in [9.17, 15) is 4.79 Å². The fourth-order valence-electron chi connectivity index (χ4n) is 2.12. The second-order valence-corrected chi connectivity index (χ2v) is 5.81. The number of methoxy groups -OCH3 is 2. The molecule has 27 heavy (non-hydrogen) atoms. The quantitative estimate of drug-likeness (QED) is 0.539. The zero-order valence-electron chi connectivity index (χ0n) is 15.7. The van der Waals surface area contributed by atoms with E-state index in [4.69, 9.17) is 14.2 Å². The largest absolute Gasteiger partial charge is 0.493 e. The van der Waals surface area contributed by atoms with E-state index < -0.39 is 6.09 Å². The third-order valence-electron chi connectivity index (χ3n) is 3.54. The Bertz CT molecular complexity index is 749. The third-order valence-corrected chi connectivity index (χ3v) is 3.54. The highest BCUT2D eigenvalue weighted by molar-refractivity contribution is 5.82. The summed E-state index contributed by atoms with van der Waals surface area (Å²) in [5.41, 5.74) is 2.97. The molecule has 0 spiro atoms. The van der Waals surface area contributed by atoms with Crippen LogP contribution in [0.1, 0.15) is 12.5 Å². The van der Waals surface area contributed by atoms with Crippen molar-refractivity contribution in [1.29, 1.82) is 0 Å². The van der Waals surface area contributed by atoms with Crippen molar-refractivity contribution in [3.8, 4) is 17.2 Å². The monoisotopic (exact) mass is 372 g/mol. The number of benzene rings is 2. The molecule has 1 unspecified atom stereocenters. The SMILES string of the molecule is COC(=O)NN=Cc1ccc(OCC(C)COc2ccccc2)c(OC)c1. The van der Waals surface area contributed by atoms with Crippen molar-refractivity contribution in [2.75, 3.05) is 27.4 Å². The summed E-state index contributed by atoms with van der Waals surface area (Å²) < 4.78 is 21.4. The summed E-state index contributed by atoms with van der Waals surface area (Å²) in [7, 11) is 2.84. The molecule has 2 aromatic carbocycles. The maximum Gasteiger partial charge on any atom is 0.427 e. The molecule has 7 heteroatoms. The summed E-state index contributed by atoms with van der Waals surface area (Å²) >= 11 is 0. The van der Waals surface area contributed by atoms with Crippen LogP contribution in [0.25, 0.3) is 0 Å². The standard InChI is InChI=1S/C20H24N2O5/c1-15(13-26-17-7-5-4-6-8-17)14-27-18-10-9-16(11-19(18)24-2)12-21-22-20(23)25-3/h4-12,15H,13-14H2,1-3H3,(H,22,23). The third kappa shape index (κ3) is 6.89. The van der Waals surface area contributed by atoms with E-state index in [1.54, 1.807) is 19.2 Å². The predicted molar refractivity (Wildman–Crippen MR) is 103 cm³/mol. The number of para-hydroxylation sites is 1. The molecule has 0 saturated heterocycles. The highest BCUT2D eigenvalue weighted by Crippen LogP contribution is 2.28. The van der Waals surface area contributed by atoms with E-state index in [-0.39, 0.29) is 5.92 Å². The van der Waals surface area contributed by atoms with Crippen molar-refractivity contribution in [3.63, 3.8) is 0 Å². The number of rotatable bonds is 9. The molecule has 144 valence electrons. The number of ether oxygens (including phenoxy) is 4. The van der Waals surface area contributed by atoms with Crippen molar-refractivity contribution < 1.29 is 23.7 Å². The lowest BCUT2D eigenvalue weighted by Crippen LogP contribution is -2.17. The summed E-state index contributed by atoms with van der Waals surface area (Å²) in [5.74, 6) is 2.24. The lowest BCUT2D eigenvalue weighted by molar-refractivity contribution is 0.171. The molecule has 0 aliphatic heterocycles. The molecule has 1 N–H and O–H groups in total. The van der Waals surface area contributed by atoms with Gasteiger partial charge in [-0.1, -0.05) is 25.1 Å². The van der Waals surface area contributed by atoms with Crippen LogP contribution in [0.15, 0.2) is 53.6 Å². The zero-order valence-corrected chi connectivity index (χ0v) is 15.7. The Morgan fingerprint density at radius 1 is 1.07 bits per heavy atom. The lowest BCUT2D eigenvalue weighted by Gasteiger charge is -2.16. The predicted octanol–water partition coefficient (Wildman–Crippen LogP) is 3.48. The normalized spacial score (nSPS) is 11.7. The Balaban J connectivity index is 1.87. The van der Waals surface area contributed by atoms with Crippen molar-refractivity contribution in [3.05, 3.63) is 54.1 Å². The van der Waals surface area contributed by atoms with Gasteiger partial charge in [0.2, 0.25) is 0 Å². The fourth-order valence-corrected chi connectivity index (χ4v) is 2.12. The zero-order chi connectivity index (χ0) is 19.5. The Kier molecular flexibility index (Phi) is 7.96. The van der Waals surface area contributed by atoms with Crippen molar-refractivity contribution in [1.82, 2.24) is 5.43 Å². The molecule has 1 atom stereocenters. The van der Waals surface area contributed by atoms with Crippen LogP contribution < -0.4 is 19.6 Å². The van der Waals surface area contributed by atoms with Crippen LogP contribution in [0, 0.1) is 5.92 Å². The minimum absolute atomic E-state index is 0.195. The average molecular weight is 372 g/mol. The first-order valence-corrected chi connectivity index (χ1v) is 8.48. The molecule has 0 fully saturated rings. The first kappa shape index (κ1) is 20.1. The molecule has 0 aromatic heterocycles. The first-order valence-electron chi connectivity index (χ1n) is 8.48. The minimum Gasteiger partial charge on any atom is -0.493 e. The lowest BCUT2D eigenvalue weighted by atomic mass is 10.2. The molecule has 2 aromatic rings. The molecule has 0 radical (unpaired) electrons. The number of carbonyl (C=O) groups excluding carboxylic acids is 1. The van der Waals surface area contributed by atoms with Crippen LogP contribution in [-0.4, -0.2) is 39.7 Å². The number of carbonyl (C=O) groups is 1. The van der Waals surface area contributed by atoms with Gasteiger partial charge in [-0.3, -0.25) is 0 Å². The number of hydrogen-bond acceptors (Lipinski definition) is 6. The van der Waals surface area contributed by atoms with Crippen molar-refractivity contribution >= 4 is 12.3 Å². The highest BCUT2D eigenvalue weighted by Gasteiger charge is 2.09. The molecule has 0 heterocycles. The maximum atomic E-state index is 11.0. The van der Waals surface area contributed by atoms with Gasteiger partial charge in [0.25, 0.3) is 0 Å². The van der Waals surface area contributed by atoms with Crippen LogP contribution in [0.2, 0.25) is 0 Å². The van der Waals surface area contributed by atoms with E-state index in [0.717, 1.165) is 11.3 Å². The van der Waals surface area contributed by atoms with Crippen LogP contribution in [0.3, 0.4) is 0 Å². The smallest absolute Gasteiger partial charge is 0.427 e. The summed E-state index contributed by atoms with van der Waals surface area (Å²) in [6.07, 6.45) is 0.851. The highest BCUT2D eigenvalue weighted by atomic mass is 16.5. The Morgan fingerprint density at radius 2 is 1.81 bits per heavy atom. The molecule has 0 bridgehead atoms. The van der Waals surface area contributed by atoms with Gasteiger partial charge < -0.3 is 18.9 Å². The molecule has 0 aliphatic carbocycles. The van der Waals surface area contributed by atoms with Gasteiger partial charge in [0.05, 0.1) is 33.6 Å².